The van der Waals surface area contributed by atoms with Gasteiger partial charge in [-0.05, 0) is 26.3 Å². The smallest absolute Gasteiger partial charge is 0.0395 e. The molecule has 2 heteroatoms. The Morgan fingerprint density at radius 3 is 2.06 bits per heavy atom. The third-order valence-electron chi connectivity index (χ3n) is 6.02. The van der Waals surface area contributed by atoms with Gasteiger partial charge in [0.2, 0.25) is 0 Å². The first-order valence-electron chi connectivity index (χ1n) is 11.0. The SMILES string of the molecule is CC1=[C-]C(C)C(C)=C1C.C[Si](C)=[Zr+2].Cc1cc(C)c(C)c(-c2c[cH-]c3ccccc23)c1. The molecule has 0 aromatic heterocycles. The minimum atomic E-state index is 0.210. The van der Waals surface area contributed by atoms with Gasteiger partial charge in [0.25, 0.3) is 0 Å². The van der Waals surface area contributed by atoms with Crippen LogP contribution in [0.5, 0.6) is 0 Å². The van der Waals surface area contributed by atoms with Crippen LogP contribution < -0.4 is 0 Å². The van der Waals surface area contributed by atoms with Gasteiger partial charge in [0.15, 0.2) is 0 Å². The van der Waals surface area contributed by atoms with Crippen LogP contribution in [0.2, 0.25) is 13.1 Å². The van der Waals surface area contributed by atoms with Gasteiger partial charge in [0, 0.05) is 0 Å². The molecule has 0 N–H and O–H groups in total. The summed E-state index contributed by atoms with van der Waals surface area (Å²) in [7, 11) is 0. The van der Waals surface area contributed by atoms with Crippen molar-refractivity contribution in [3.05, 3.63) is 88.0 Å². The third kappa shape index (κ3) is 6.80. The van der Waals surface area contributed by atoms with Crippen LogP contribution in [0.1, 0.15) is 44.4 Å². The Balaban J connectivity index is 0.000000220. The first kappa shape index (κ1) is 25.9. The molecule has 3 aromatic rings. The van der Waals surface area contributed by atoms with Gasteiger partial charge in [-0.3, -0.25) is 6.08 Å². The summed E-state index contributed by atoms with van der Waals surface area (Å²) in [5.74, 6) is 0.560. The van der Waals surface area contributed by atoms with E-state index in [1.807, 2.05) is 0 Å². The van der Waals surface area contributed by atoms with Crippen LogP contribution in [0, 0.1) is 32.8 Å². The monoisotopic (exact) mass is 502 g/mol. The minimum Gasteiger partial charge on any atom is -0.150 e. The largest absolute Gasteiger partial charge is 0.150 e. The Hall–Kier alpha value is -1.37. The minimum absolute atomic E-state index is 0.210. The number of rotatable bonds is 1. The van der Waals surface area contributed by atoms with Crippen molar-refractivity contribution in [2.24, 2.45) is 5.92 Å². The first-order valence-corrected chi connectivity index (χ1v) is 17.2. The Bertz CT molecular complexity index is 1140. The van der Waals surface area contributed by atoms with Crippen LogP contribution >= 0.6 is 0 Å². The van der Waals surface area contributed by atoms with Crippen molar-refractivity contribution in [1.82, 2.24) is 0 Å². The summed E-state index contributed by atoms with van der Waals surface area (Å²) >= 11 is 1.74. The molecule has 0 aliphatic heterocycles. The van der Waals surface area contributed by atoms with E-state index in [4.69, 9.17) is 0 Å². The van der Waals surface area contributed by atoms with Gasteiger partial charge in [0.05, 0.1) is 0 Å². The molecule has 0 heterocycles. The van der Waals surface area contributed by atoms with E-state index in [-0.39, 0.29) is 5.43 Å². The number of allylic oxidation sites excluding steroid dienone is 4. The van der Waals surface area contributed by atoms with E-state index in [0.717, 1.165) is 0 Å². The van der Waals surface area contributed by atoms with E-state index in [0.29, 0.717) is 5.92 Å². The fourth-order valence-electron chi connectivity index (χ4n) is 3.87. The van der Waals surface area contributed by atoms with Crippen LogP contribution in [0.15, 0.2) is 65.3 Å². The molecule has 0 saturated carbocycles. The first-order chi connectivity index (χ1) is 14.5. The predicted octanol–water partition coefficient (Wildman–Crippen LogP) is 8.66. The number of benzene rings is 2. The molecular weight excluding hydrogens is 468 g/mol. The quantitative estimate of drug-likeness (QED) is 0.230. The third-order valence-corrected chi connectivity index (χ3v) is 6.02. The molecule has 0 saturated heterocycles. The second kappa shape index (κ2) is 11.5. The number of aryl methyl sites for hydroxylation is 2. The Kier molecular flexibility index (Phi) is 9.59. The van der Waals surface area contributed by atoms with Crippen LogP contribution in [-0.2, 0) is 23.3 Å². The molecule has 0 spiro atoms. The maximum absolute atomic E-state index is 3.36. The Morgan fingerprint density at radius 1 is 0.935 bits per heavy atom. The average molecular weight is 504 g/mol. The maximum atomic E-state index is 3.36. The van der Waals surface area contributed by atoms with Gasteiger partial charge in [-0.2, -0.15) is 11.1 Å². The Morgan fingerprint density at radius 2 is 1.55 bits per heavy atom. The molecular formula is C29H36SiZr. The second-order valence-corrected chi connectivity index (χ2v) is 18.3. The van der Waals surface area contributed by atoms with E-state index in [1.165, 1.54) is 55.3 Å². The van der Waals surface area contributed by atoms with Gasteiger partial charge >= 0.3 is 41.9 Å². The molecule has 1 atom stereocenters. The van der Waals surface area contributed by atoms with Gasteiger partial charge < -0.3 is 0 Å². The topological polar surface area (TPSA) is 0 Å². The van der Waals surface area contributed by atoms with Gasteiger partial charge in [-0.1, -0.05) is 61.6 Å². The molecule has 31 heavy (non-hydrogen) atoms. The van der Waals surface area contributed by atoms with Crippen molar-refractivity contribution in [3.8, 4) is 11.1 Å². The zero-order chi connectivity index (χ0) is 23.3. The van der Waals surface area contributed by atoms with Gasteiger partial charge in [-0.15, -0.1) is 53.6 Å². The zero-order valence-corrected chi connectivity index (χ0v) is 24.2. The van der Waals surface area contributed by atoms with Crippen LogP contribution in [0.3, 0.4) is 0 Å². The number of hydrogen-bond donors (Lipinski definition) is 0. The molecule has 1 aliphatic carbocycles. The fraction of sp³-hybridized carbons (Fsp3) is 0.345. The van der Waals surface area contributed by atoms with Gasteiger partial charge in [-0.25, -0.2) is 5.57 Å². The van der Waals surface area contributed by atoms with E-state index in [2.05, 4.69) is 116 Å². The molecule has 1 aliphatic rings. The zero-order valence-electron chi connectivity index (χ0n) is 20.7. The van der Waals surface area contributed by atoms with Crippen LogP contribution in [-0.4, -0.2) is 5.43 Å². The molecule has 3 aromatic carbocycles. The molecule has 0 nitrogen and oxygen atoms in total. The second-order valence-electron chi connectivity index (χ2n) is 8.89. The summed E-state index contributed by atoms with van der Waals surface area (Å²) in [6.45, 7) is 19.9. The summed E-state index contributed by atoms with van der Waals surface area (Å²) in [5.41, 5.74) is 11.3. The van der Waals surface area contributed by atoms with E-state index in [9.17, 15) is 0 Å². The molecule has 0 radical (unpaired) electrons. The normalized spacial score (nSPS) is 15.2. The maximum Gasteiger partial charge on any atom is -0.0395 e. The van der Waals surface area contributed by atoms with Crippen molar-refractivity contribution >= 4 is 16.2 Å². The van der Waals surface area contributed by atoms with Crippen molar-refractivity contribution < 1.29 is 23.3 Å². The molecule has 0 amide bonds. The Labute approximate surface area is 205 Å². The van der Waals surface area contributed by atoms with Crippen molar-refractivity contribution in [1.29, 1.82) is 0 Å². The summed E-state index contributed by atoms with van der Waals surface area (Å²) < 4.78 is 0. The van der Waals surface area contributed by atoms with Crippen LogP contribution in [0.25, 0.3) is 21.9 Å². The summed E-state index contributed by atoms with van der Waals surface area (Å²) in [5, 5.41) is 2.68. The number of fused-ring (bicyclic) bond motifs is 1. The van der Waals surface area contributed by atoms with Crippen molar-refractivity contribution in [2.75, 3.05) is 0 Å². The van der Waals surface area contributed by atoms with Crippen molar-refractivity contribution in [3.63, 3.8) is 0 Å². The van der Waals surface area contributed by atoms with E-state index >= 15 is 0 Å². The number of hydrogen-bond acceptors (Lipinski definition) is 0. The molecule has 4 rings (SSSR count). The van der Waals surface area contributed by atoms with Gasteiger partial charge in [0.1, 0.15) is 0 Å². The van der Waals surface area contributed by atoms with E-state index in [1.54, 1.807) is 23.3 Å². The summed E-state index contributed by atoms with van der Waals surface area (Å²) in [4.78, 5) is 0. The van der Waals surface area contributed by atoms with Crippen molar-refractivity contribution in [2.45, 2.75) is 61.6 Å². The fourth-order valence-corrected chi connectivity index (χ4v) is 3.87. The van der Waals surface area contributed by atoms with Crippen LogP contribution in [0.4, 0.5) is 0 Å². The molecule has 0 bridgehead atoms. The summed E-state index contributed by atoms with van der Waals surface area (Å²) in [6.07, 6.45) is 3.36. The molecule has 0 fully saturated rings. The molecule has 160 valence electrons. The molecule has 1 unspecified atom stereocenters. The average Bonchev–Trinajstić information content (AvgIpc) is 3.22. The standard InChI is InChI=1S/C18H17.C9H13.C2H6Si.Zr/c1-12-10-13(2)14(3)18(11-12)17-9-8-15-6-4-5-7-16(15)17;1-6-5-7(2)9(4)8(6)3;1-3-2;/h4-11H,1-3H3;6H,1-4H3;1-2H3;/q2*-1;;+2. The summed E-state index contributed by atoms with van der Waals surface area (Å²) in [6, 6.07) is 17.6. The predicted molar refractivity (Wildman–Crippen MR) is 137 cm³/mol. The van der Waals surface area contributed by atoms with E-state index < -0.39 is 0 Å².